The maximum atomic E-state index is 5.45. The average molecular weight is 263 g/mol. The molecule has 0 radical (unpaired) electrons. The second-order valence-corrected chi connectivity index (χ2v) is 5.54. The molecular formula is C14H21N3S. The van der Waals surface area contributed by atoms with Crippen LogP contribution in [-0.2, 0) is 6.42 Å². The van der Waals surface area contributed by atoms with Crippen molar-refractivity contribution in [2.45, 2.75) is 25.7 Å². The van der Waals surface area contributed by atoms with Gasteiger partial charge in [0.25, 0.3) is 0 Å². The Bertz CT molecular complexity index is 434. The summed E-state index contributed by atoms with van der Waals surface area (Å²) in [5, 5.41) is 4.70. The lowest BCUT2D eigenvalue weighted by Crippen LogP contribution is -2.18. The van der Waals surface area contributed by atoms with E-state index >= 15 is 0 Å². The second-order valence-electron chi connectivity index (χ2n) is 4.42. The largest absolute Gasteiger partial charge is 0.330 e. The predicted octanol–water partition coefficient (Wildman–Crippen LogP) is 2.56. The summed E-state index contributed by atoms with van der Waals surface area (Å²) in [6.45, 7) is 2.95. The molecule has 0 fully saturated rings. The maximum Gasteiger partial charge on any atom is 0.0939 e. The highest BCUT2D eigenvalue weighted by Gasteiger charge is 2.02. The molecule has 1 aromatic heterocycles. The van der Waals surface area contributed by atoms with Crippen molar-refractivity contribution in [3.63, 3.8) is 0 Å². The van der Waals surface area contributed by atoms with Crippen molar-refractivity contribution >= 4 is 21.6 Å². The van der Waals surface area contributed by atoms with Crippen LogP contribution in [0.2, 0.25) is 0 Å². The van der Waals surface area contributed by atoms with E-state index in [2.05, 4.69) is 28.5 Å². The van der Waals surface area contributed by atoms with Crippen LogP contribution in [0.15, 0.2) is 24.3 Å². The minimum atomic E-state index is 0.799. The van der Waals surface area contributed by atoms with Crippen molar-refractivity contribution in [3.8, 4) is 0 Å². The number of nitrogens with zero attached hydrogens (tertiary/aromatic N) is 1. The molecule has 2 rings (SSSR count). The topological polar surface area (TPSA) is 50.9 Å². The summed E-state index contributed by atoms with van der Waals surface area (Å²) in [6, 6.07) is 8.34. The van der Waals surface area contributed by atoms with Crippen molar-refractivity contribution in [1.82, 2.24) is 10.3 Å². The highest BCUT2D eigenvalue weighted by Crippen LogP contribution is 2.22. The number of thiazole rings is 1. The standard InChI is InChI=1S/C14H21N3S/c15-9-3-4-10-16-11-5-8-14-17-12-6-1-2-7-13(12)18-14/h1-2,6-7,16H,3-5,8-11,15H2. The molecule has 1 heterocycles. The lowest BCUT2D eigenvalue weighted by molar-refractivity contribution is 0.607. The highest BCUT2D eigenvalue weighted by atomic mass is 32.1. The number of hydrogen-bond donors (Lipinski definition) is 2. The average Bonchev–Trinajstić information content (AvgIpc) is 2.80. The third-order valence-electron chi connectivity index (χ3n) is 2.89. The Balaban J connectivity index is 1.67. The summed E-state index contributed by atoms with van der Waals surface area (Å²) >= 11 is 1.81. The van der Waals surface area contributed by atoms with Gasteiger partial charge in [-0.15, -0.1) is 11.3 Å². The van der Waals surface area contributed by atoms with Crippen LogP contribution in [0.3, 0.4) is 0 Å². The Labute approximate surface area is 112 Å². The molecular weight excluding hydrogens is 242 g/mol. The van der Waals surface area contributed by atoms with Crippen molar-refractivity contribution in [2.75, 3.05) is 19.6 Å². The molecule has 98 valence electrons. The predicted molar refractivity (Wildman–Crippen MR) is 79.1 cm³/mol. The number of rotatable bonds is 8. The molecule has 0 aliphatic carbocycles. The first-order chi connectivity index (χ1) is 8.90. The number of fused-ring (bicyclic) bond motifs is 1. The fourth-order valence-electron chi connectivity index (χ4n) is 1.91. The maximum absolute atomic E-state index is 5.45. The molecule has 18 heavy (non-hydrogen) atoms. The van der Waals surface area contributed by atoms with Gasteiger partial charge in [0, 0.05) is 6.42 Å². The zero-order valence-corrected chi connectivity index (χ0v) is 11.5. The molecule has 1 aromatic carbocycles. The Morgan fingerprint density at radius 3 is 2.78 bits per heavy atom. The van der Waals surface area contributed by atoms with Gasteiger partial charge in [-0.3, -0.25) is 0 Å². The summed E-state index contributed by atoms with van der Waals surface area (Å²) in [6.07, 6.45) is 4.52. The van der Waals surface area contributed by atoms with Gasteiger partial charge in [-0.2, -0.15) is 0 Å². The highest BCUT2D eigenvalue weighted by molar-refractivity contribution is 7.18. The summed E-state index contributed by atoms with van der Waals surface area (Å²) < 4.78 is 1.29. The molecule has 0 saturated carbocycles. The summed E-state index contributed by atoms with van der Waals surface area (Å²) in [5.74, 6) is 0. The summed E-state index contributed by atoms with van der Waals surface area (Å²) in [7, 11) is 0. The number of benzene rings is 1. The molecule has 0 aliphatic heterocycles. The first kappa shape index (κ1) is 13.5. The minimum Gasteiger partial charge on any atom is -0.330 e. The minimum absolute atomic E-state index is 0.799. The molecule has 4 heteroatoms. The fraction of sp³-hybridized carbons (Fsp3) is 0.500. The van der Waals surface area contributed by atoms with Crippen LogP contribution in [0.5, 0.6) is 0 Å². The molecule has 0 unspecified atom stereocenters. The molecule has 3 nitrogen and oxygen atoms in total. The number of unbranched alkanes of at least 4 members (excludes halogenated alkanes) is 1. The Hall–Kier alpha value is -0.970. The quantitative estimate of drug-likeness (QED) is 0.720. The van der Waals surface area contributed by atoms with E-state index in [1.165, 1.54) is 16.1 Å². The third kappa shape index (κ3) is 4.05. The van der Waals surface area contributed by atoms with E-state index in [0.29, 0.717) is 0 Å². The monoisotopic (exact) mass is 263 g/mol. The van der Waals surface area contributed by atoms with Crippen molar-refractivity contribution in [1.29, 1.82) is 0 Å². The zero-order valence-electron chi connectivity index (χ0n) is 10.7. The van der Waals surface area contributed by atoms with Crippen LogP contribution in [0.25, 0.3) is 10.2 Å². The van der Waals surface area contributed by atoms with E-state index in [9.17, 15) is 0 Å². The Morgan fingerprint density at radius 1 is 1.11 bits per heavy atom. The van der Waals surface area contributed by atoms with E-state index in [4.69, 9.17) is 5.73 Å². The molecule has 0 spiro atoms. The van der Waals surface area contributed by atoms with Crippen molar-refractivity contribution in [3.05, 3.63) is 29.3 Å². The lowest BCUT2D eigenvalue weighted by atomic mass is 10.3. The molecule has 3 N–H and O–H groups in total. The first-order valence-corrected chi connectivity index (χ1v) is 7.47. The van der Waals surface area contributed by atoms with Crippen LogP contribution in [0, 0.1) is 0 Å². The normalized spacial score (nSPS) is 11.2. The van der Waals surface area contributed by atoms with E-state index < -0.39 is 0 Å². The molecule has 0 amide bonds. The molecule has 0 bridgehead atoms. The summed E-state index contributed by atoms with van der Waals surface area (Å²) in [5.41, 5.74) is 6.58. The smallest absolute Gasteiger partial charge is 0.0939 e. The van der Waals surface area contributed by atoms with Gasteiger partial charge >= 0.3 is 0 Å². The van der Waals surface area contributed by atoms with Gasteiger partial charge in [-0.25, -0.2) is 4.98 Å². The lowest BCUT2D eigenvalue weighted by Gasteiger charge is -2.02. The van der Waals surface area contributed by atoms with Crippen LogP contribution in [0.1, 0.15) is 24.3 Å². The van der Waals surface area contributed by atoms with Crippen molar-refractivity contribution < 1.29 is 0 Å². The van der Waals surface area contributed by atoms with Gasteiger partial charge in [0.15, 0.2) is 0 Å². The number of aryl methyl sites for hydroxylation is 1. The van der Waals surface area contributed by atoms with Gasteiger partial charge in [-0.1, -0.05) is 12.1 Å². The van der Waals surface area contributed by atoms with Gasteiger partial charge in [0.2, 0.25) is 0 Å². The number of nitrogens with two attached hydrogens (primary N) is 1. The Morgan fingerprint density at radius 2 is 1.94 bits per heavy atom. The SMILES string of the molecule is NCCCCNCCCc1nc2ccccc2s1. The van der Waals surface area contributed by atoms with E-state index in [-0.39, 0.29) is 0 Å². The van der Waals surface area contributed by atoms with Gasteiger partial charge in [-0.05, 0) is 51.0 Å². The zero-order chi connectivity index (χ0) is 12.6. The molecule has 0 atom stereocenters. The van der Waals surface area contributed by atoms with E-state index in [1.54, 1.807) is 0 Å². The van der Waals surface area contributed by atoms with Crippen LogP contribution in [0.4, 0.5) is 0 Å². The van der Waals surface area contributed by atoms with Crippen molar-refractivity contribution in [2.24, 2.45) is 5.73 Å². The van der Waals surface area contributed by atoms with E-state index in [1.807, 2.05) is 17.4 Å². The van der Waals surface area contributed by atoms with Crippen LogP contribution in [-0.4, -0.2) is 24.6 Å². The van der Waals surface area contributed by atoms with Crippen LogP contribution >= 0.6 is 11.3 Å². The second kappa shape index (κ2) is 7.46. The summed E-state index contributed by atoms with van der Waals surface area (Å²) in [4.78, 5) is 4.63. The van der Waals surface area contributed by atoms with Gasteiger partial charge in [0.1, 0.15) is 0 Å². The molecule has 0 saturated heterocycles. The Kier molecular flexibility index (Phi) is 5.58. The number of nitrogens with one attached hydrogen (secondary N) is 1. The molecule has 2 aromatic rings. The third-order valence-corrected chi connectivity index (χ3v) is 3.99. The number of aromatic nitrogens is 1. The number of para-hydroxylation sites is 1. The number of hydrogen-bond acceptors (Lipinski definition) is 4. The first-order valence-electron chi connectivity index (χ1n) is 6.65. The van der Waals surface area contributed by atoms with Gasteiger partial charge in [0.05, 0.1) is 15.2 Å². The molecule has 0 aliphatic rings. The fourth-order valence-corrected chi connectivity index (χ4v) is 2.92. The van der Waals surface area contributed by atoms with E-state index in [0.717, 1.165) is 44.4 Å². The van der Waals surface area contributed by atoms with Gasteiger partial charge < -0.3 is 11.1 Å². The van der Waals surface area contributed by atoms with Crippen LogP contribution < -0.4 is 11.1 Å².